The molecule has 1 heterocycles. The van der Waals surface area contributed by atoms with Crippen molar-refractivity contribution in [2.75, 3.05) is 5.75 Å². The smallest absolute Gasteiger partial charge is 0.243 e. The number of carbonyl (C=O) groups is 1. The van der Waals surface area contributed by atoms with E-state index in [4.69, 9.17) is 4.98 Å². The molecule has 2 aromatic carbocycles. The summed E-state index contributed by atoms with van der Waals surface area (Å²) in [6, 6.07) is 17.6. The van der Waals surface area contributed by atoms with Crippen LogP contribution in [0.4, 0.5) is 0 Å². The Balaban J connectivity index is 1.82. The predicted octanol–water partition coefficient (Wildman–Crippen LogP) is 4.42. The van der Waals surface area contributed by atoms with Gasteiger partial charge in [0.1, 0.15) is 6.04 Å². The van der Waals surface area contributed by atoms with Gasteiger partial charge in [-0.25, -0.2) is 4.98 Å². The van der Waals surface area contributed by atoms with Gasteiger partial charge in [0.15, 0.2) is 5.16 Å². The van der Waals surface area contributed by atoms with E-state index >= 15 is 0 Å². The van der Waals surface area contributed by atoms with Crippen LogP contribution >= 0.6 is 11.8 Å². The zero-order chi connectivity index (χ0) is 17.6. The molecule has 3 rings (SSSR count). The summed E-state index contributed by atoms with van der Waals surface area (Å²) in [4.78, 5) is 17.4. The van der Waals surface area contributed by atoms with Gasteiger partial charge in [-0.1, -0.05) is 61.2 Å². The van der Waals surface area contributed by atoms with Crippen LogP contribution < -0.4 is 5.32 Å². The van der Waals surface area contributed by atoms with Crippen LogP contribution in [-0.4, -0.2) is 21.2 Å². The molecule has 0 aliphatic heterocycles. The number of para-hydroxylation sites is 2. The number of nitrogens with one attached hydrogen (secondary N) is 1. The third-order valence-electron chi connectivity index (χ3n) is 4.08. The maximum atomic E-state index is 12.7. The second-order valence-electron chi connectivity index (χ2n) is 5.98. The Kier molecular flexibility index (Phi) is 5.76. The van der Waals surface area contributed by atoms with Gasteiger partial charge in [-0.3, -0.25) is 4.79 Å². The quantitative estimate of drug-likeness (QED) is 0.640. The SMILES string of the molecule is CCCSc1nc2ccccc2n1C(C)C(=O)NCc1ccccc1. The lowest BCUT2D eigenvalue weighted by molar-refractivity contribution is -0.124. The van der Waals surface area contributed by atoms with Crippen LogP contribution in [0.1, 0.15) is 31.9 Å². The summed E-state index contributed by atoms with van der Waals surface area (Å²) in [5.41, 5.74) is 3.03. The summed E-state index contributed by atoms with van der Waals surface area (Å²) in [7, 11) is 0. The third-order valence-corrected chi connectivity index (χ3v) is 5.23. The van der Waals surface area contributed by atoms with Crippen LogP contribution in [0.15, 0.2) is 59.8 Å². The van der Waals surface area contributed by atoms with Crippen molar-refractivity contribution in [2.24, 2.45) is 0 Å². The molecule has 130 valence electrons. The number of hydrogen-bond donors (Lipinski definition) is 1. The maximum absolute atomic E-state index is 12.7. The number of thioether (sulfide) groups is 1. The van der Waals surface area contributed by atoms with Crippen molar-refractivity contribution in [3.05, 3.63) is 60.2 Å². The van der Waals surface area contributed by atoms with E-state index in [1.54, 1.807) is 11.8 Å². The molecule has 0 saturated carbocycles. The summed E-state index contributed by atoms with van der Waals surface area (Å²) < 4.78 is 2.05. The molecule has 0 aliphatic carbocycles. The van der Waals surface area contributed by atoms with E-state index in [1.165, 1.54) is 0 Å². The van der Waals surface area contributed by atoms with Crippen molar-refractivity contribution in [3.63, 3.8) is 0 Å². The molecular formula is C20H23N3OS. The molecule has 1 amide bonds. The highest BCUT2D eigenvalue weighted by Gasteiger charge is 2.21. The van der Waals surface area contributed by atoms with Crippen molar-refractivity contribution in [1.82, 2.24) is 14.9 Å². The highest BCUT2D eigenvalue weighted by molar-refractivity contribution is 7.99. The Bertz CT molecular complexity index is 845. The fourth-order valence-electron chi connectivity index (χ4n) is 2.74. The fourth-order valence-corrected chi connectivity index (χ4v) is 3.69. The van der Waals surface area contributed by atoms with Crippen LogP contribution in [0.5, 0.6) is 0 Å². The molecule has 0 aliphatic rings. The van der Waals surface area contributed by atoms with Crippen molar-refractivity contribution < 1.29 is 4.79 Å². The van der Waals surface area contributed by atoms with E-state index in [1.807, 2.05) is 61.5 Å². The average molecular weight is 353 g/mol. The van der Waals surface area contributed by atoms with E-state index in [0.717, 1.165) is 33.9 Å². The van der Waals surface area contributed by atoms with Gasteiger partial charge in [-0.15, -0.1) is 0 Å². The molecule has 4 nitrogen and oxygen atoms in total. The molecular weight excluding hydrogens is 330 g/mol. The Morgan fingerprint density at radius 1 is 1.16 bits per heavy atom. The molecule has 0 bridgehead atoms. The molecule has 0 radical (unpaired) electrons. The van der Waals surface area contributed by atoms with E-state index in [0.29, 0.717) is 6.54 Å². The number of nitrogens with zero attached hydrogens (tertiary/aromatic N) is 2. The molecule has 0 saturated heterocycles. The molecule has 5 heteroatoms. The summed E-state index contributed by atoms with van der Waals surface area (Å²) in [6.07, 6.45) is 1.07. The lowest BCUT2D eigenvalue weighted by Crippen LogP contribution is -2.30. The Labute approximate surface area is 152 Å². The number of imidazole rings is 1. The van der Waals surface area contributed by atoms with Crippen molar-refractivity contribution in [1.29, 1.82) is 0 Å². The standard InChI is InChI=1S/C20H23N3OS/c1-3-13-25-20-22-17-11-7-8-12-18(17)23(20)15(2)19(24)21-14-16-9-5-4-6-10-16/h4-12,15H,3,13-14H2,1-2H3,(H,21,24). The van der Waals surface area contributed by atoms with E-state index in [-0.39, 0.29) is 11.9 Å². The molecule has 1 aromatic heterocycles. The van der Waals surface area contributed by atoms with Gasteiger partial charge in [0.2, 0.25) is 5.91 Å². The molecule has 25 heavy (non-hydrogen) atoms. The molecule has 0 fully saturated rings. The number of hydrogen-bond acceptors (Lipinski definition) is 3. The summed E-state index contributed by atoms with van der Waals surface area (Å²) in [5, 5.41) is 3.95. The first-order chi connectivity index (χ1) is 12.2. The molecule has 0 spiro atoms. The van der Waals surface area contributed by atoms with Crippen molar-refractivity contribution in [3.8, 4) is 0 Å². The number of fused-ring (bicyclic) bond motifs is 1. The van der Waals surface area contributed by atoms with Gasteiger partial charge in [0.25, 0.3) is 0 Å². The highest BCUT2D eigenvalue weighted by atomic mass is 32.2. The van der Waals surface area contributed by atoms with Crippen LogP contribution in [0.2, 0.25) is 0 Å². The van der Waals surface area contributed by atoms with E-state index < -0.39 is 0 Å². The molecule has 1 unspecified atom stereocenters. The summed E-state index contributed by atoms with van der Waals surface area (Å²) in [6.45, 7) is 4.62. The first-order valence-electron chi connectivity index (χ1n) is 8.62. The zero-order valence-electron chi connectivity index (χ0n) is 14.6. The van der Waals surface area contributed by atoms with Gasteiger partial charge < -0.3 is 9.88 Å². The second kappa shape index (κ2) is 8.21. The minimum absolute atomic E-state index is 0.00496. The van der Waals surface area contributed by atoms with Crippen LogP contribution in [0, 0.1) is 0 Å². The van der Waals surface area contributed by atoms with Crippen LogP contribution in [0.25, 0.3) is 11.0 Å². The topological polar surface area (TPSA) is 46.9 Å². The minimum Gasteiger partial charge on any atom is -0.350 e. The lowest BCUT2D eigenvalue weighted by Gasteiger charge is -2.17. The molecule has 3 aromatic rings. The molecule has 1 N–H and O–H groups in total. The average Bonchev–Trinajstić information content (AvgIpc) is 3.02. The Morgan fingerprint density at radius 3 is 2.64 bits per heavy atom. The van der Waals surface area contributed by atoms with Crippen LogP contribution in [-0.2, 0) is 11.3 Å². The second-order valence-corrected chi connectivity index (χ2v) is 7.04. The highest BCUT2D eigenvalue weighted by Crippen LogP contribution is 2.28. The fraction of sp³-hybridized carbons (Fsp3) is 0.300. The van der Waals surface area contributed by atoms with E-state index in [2.05, 4.69) is 16.8 Å². The zero-order valence-corrected chi connectivity index (χ0v) is 15.4. The largest absolute Gasteiger partial charge is 0.350 e. The van der Waals surface area contributed by atoms with Crippen molar-refractivity contribution in [2.45, 2.75) is 38.0 Å². The first kappa shape index (κ1) is 17.5. The van der Waals surface area contributed by atoms with Crippen LogP contribution in [0.3, 0.4) is 0 Å². The Hall–Kier alpha value is -2.27. The number of amides is 1. The lowest BCUT2D eigenvalue weighted by atomic mass is 10.2. The van der Waals surface area contributed by atoms with Gasteiger partial charge in [-0.2, -0.15) is 0 Å². The normalized spacial score (nSPS) is 12.2. The van der Waals surface area contributed by atoms with Gasteiger partial charge in [0, 0.05) is 12.3 Å². The van der Waals surface area contributed by atoms with Gasteiger partial charge >= 0.3 is 0 Å². The first-order valence-corrected chi connectivity index (χ1v) is 9.60. The minimum atomic E-state index is -0.310. The Morgan fingerprint density at radius 2 is 1.88 bits per heavy atom. The van der Waals surface area contributed by atoms with Crippen molar-refractivity contribution >= 4 is 28.7 Å². The summed E-state index contributed by atoms with van der Waals surface area (Å²) >= 11 is 1.70. The maximum Gasteiger partial charge on any atom is 0.243 e. The summed E-state index contributed by atoms with van der Waals surface area (Å²) in [5.74, 6) is 0.993. The number of rotatable bonds is 7. The number of carbonyl (C=O) groups excluding carboxylic acids is 1. The monoisotopic (exact) mass is 353 g/mol. The van der Waals surface area contributed by atoms with Gasteiger partial charge in [-0.05, 0) is 31.0 Å². The van der Waals surface area contributed by atoms with Gasteiger partial charge in [0.05, 0.1) is 11.0 Å². The number of benzene rings is 2. The van der Waals surface area contributed by atoms with E-state index in [9.17, 15) is 4.79 Å². The predicted molar refractivity (Wildman–Crippen MR) is 104 cm³/mol. The third kappa shape index (κ3) is 4.04. The molecule has 1 atom stereocenters. The number of aromatic nitrogens is 2.